The third kappa shape index (κ3) is 2.48. The fourth-order valence-corrected chi connectivity index (χ4v) is 5.06. The van der Waals surface area contributed by atoms with E-state index in [4.69, 9.17) is 0 Å². The maximum Gasteiger partial charge on any atom is 0.0985 e. The summed E-state index contributed by atoms with van der Waals surface area (Å²) in [7, 11) is 0. The van der Waals surface area contributed by atoms with Crippen LogP contribution in [0.15, 0.2) is 97.3 Å². The zero-order valence-electron chi connectivity index (χ0n) is 17.3. The molecule has 0 aliphatic rings. The van der Waals surface area contributed by atoms with Crippen LogP contribution in [0.5, 0.6) is 0 Å². The van der Waals surface area contributed by atoms with E-state index in [1.54, 1.807) is 0 Å². The van der Waals surface area contributed by atoms with Crippen molar-refractivity contribution in [2.24, 2.45) is 0 Å². The molecule has 0 saturated carbocycles. The van der Waals surface area contributed by atoms with E-state index in [1.807, 2.05) is 24.5 Å². The average Bonchev–Trinajstić information content (AvgIpc) is 2.86. The first-order chi connectivity index (χ1) is 15.9. The van der Waals surface area contributed by atoms with E-state index in [2.05, 4.69) is 88.1 Å². The van der Waals surface area contributed by atoms with Crippen LogP contribution in [0.3, 0.4) is 0 Å². The molecule has 0 aliphatic heterocycles. The number of rotatable bonds is 3. The van der Waals surface area contributed by atoms with Gasteiger partial charge in [-0.1, -0.05) is 60.7 Å². The molecule has 0 radical (unpaired) electrons. The fraction of sp³-hybridized carbons (Fsp3) is 0.0345. The first-order valence-electron chi connectivity index (χ1n) is 10.9. The Kier molecular flexibility index (Phi) is 3.61. The normalized spacial score (nSPS) is 11.9. The Morgan fingerprint density at radius 3 is 2.12 bits per heavy atom. The van der Waals surface area contributed by atoms with Gasteiger partial charge in [0.25, 0.3) is 0 Å². The van der Waals surface area contributed by atoms with Gasteiger partial charge >= 0.3 is 0 Å². The van der Waals surface area contributed by atoms with Crippen molar-refractivity contribution in [1.82, 2.24) is 9.97 Å². The van der Waals surface area contributed by atoms with Gasteiger partial charge in [0.1, 0.15) is 0 Å². The maximum atomic E-state index is 4.63. The van der Waals surface area contributed by atoms with E-state index in [-0.39, 0.29) is 0 Å². The van der Waals surface area contributed by atoms with Gasteiger partial charge in [-0.25, -0.2) is 0 Å². The fourth-order valence-electron chi connectivity index (χ4n) is 5.06. The first-order valence-corrected chi connectivity index (χ1v) is 10.9. The molecule has 3 nitrogen and oxygen atoms in total. The minimum absolute atomic E-state index is 0.740. The number of pyridine rings is 2. The first kappa shape index (κ1) is 17.4. The second-order valence-electron chi connectivity index (χ2n) is 8.33. The minimum Gasteiger partial charge on any atom is -0.380 e. The largest absolute Gasteiger partial charge is 0.380 e. The molecule has 0 spiro atoms. The predicted octanol–water partition coefficient (Wildman–Crippen LogP) is 7.29. The summed E-state index contributed by atoms with van der Waals surface area (Å²) in [6.07, 6.45) is 3.66. The maximum absolute atomic E-state index is 4.63. The second-order valence-corrected chi connectivity index (χ2v) is 8.33. The summed E-state index contributed by atoms with van der Waals surface area (Å²) in [4.78, 5) is 9.19. The molecular formula is C29H19N3. The summed E-state index contributed by atoms with van der Waals surface area (Å²) < 4.78 is 0. The van der Waals surface area contributed by atoms with Gasteiger partial charge in [0.2, 0.25) is 0 Å². The quantitative estimate of drug-likeness (QED) is 0.311. The molecule has 32 heavy (non-hydrogen) atoms. The molecule has 1 N–H and O–H groups in total. The molecule has 0 saturated heterocycles. The molecule has 0 fully saturated rings. The highest BCUT2D eigenvalue weighted by atomic mass is 14.9. The lowest BCUT2D eigenvalue weighted by Gasteiger charge is -2.16. The third-order valence-electron chi connectivity index (χ3n) is 6.55. The summed E-state index contributed by atoms with van der Waals surface area (Å²) in [5.41, 5.74) is 4.25. The Balaban J connectivity index is 1.38. The lowest BCUT2D eigenvalue weighted by atomic mass is 9.92. The Hall–Kier alpha value is -4.24. The van der Waals surface area contributed by atoms with Gasteiger partial charge in [0.15, 0.2) is 0 Å². The molecule has 5 aromatic carbocycles. The Morgan fingerprint density at radius 1 is 0.562 bits per heavy atom. The van der Waals surface area contributed by atoms with E-state index in [9.17, 15) is 0 Å². The van der Waals surface area contributed by atoms with Crippen molar-refractivity contribution in [3.63, 3.8) is 0 Å². The van der Waals surface area contributed by atoms with Crippen LogP contribution in [-0.4, -0.2) is 9.97 Å². The monoisotopic (exact) mass is 409 g/mol. The molecule has 0 atom stereocenters. The molecule has 7 rings (SSSR count). The van der Waals surface area contributed by atoms with Crippen molar-refractivity contribution < 1.29 is 0 Å². The Bertz CT molecular complexity index is 1770. The Morgan fingerprint density at radius 2 is 1.25 bits per heavy atom. The SMILES string of the molecule is c1cnc2c(c1)cc(NCc1ccc3ccc4cccc5ccc1c3c45)c1cccnc12. The molecule has 0 amide bonds. The molecule has 2 heterocycles. The standard InChI is InChI=1S/C29H19N3/c1-4-18-8-9-20-10-11-22(23-13-12-19(5-1)26(18)27(20)23)17-32-25-16-21-6-2-14-30-28(21)29-24(25)7-3-15-31-29/h1-16,32H,17H2. The van der Waals surface area contributed by atoms with Crippen LogP contribution in [-0.2, 0) is 6.54 Å². The van der Waals surface area contributed by atoms with Crippen molar-refractivity contribution in [2.75, 3.05) is 5.32 Å². The lowest BCUT2D eigenvalue weighted by Crippen LogP contribution is -2.02. The predicted molar refractivity (Wildman–Crippen MR) is 135 cm³/mol. The van der Waals surface area contributed by atoms with Crippen LogP contribution in [0.1, 0.15) is 5.56 Å². The van der Waals surface area contributed by atoms with Crippen molar-refractivity contribution >= 4 is 59.8 Å². The topological polar surface area (TPSA) is 37.8 Å². The van der Waals surface area contributed by atoms with E-state index in [0.717, 1.165) is 34.0 Å². The molecule has 0 unspecified atom stereocenters. The van der Waals surface area contributed by atoms with Crippen molar-refractivity contribution in [3.8, 4) is 0 Å². The number of benzene rings is 5. The van der Waals surface area contributed by atoms with Gasteiger partial charge in [-0.2, -0.15) is 0 Å². The molecule has 3 heteroatoms. The van der Waals surface area contributed by atoms with Gasteiger partial charge in [0.05, 0.1) is 11.0 Å². The number of aromatic nitrogens is 2. The van der Waals surface area contributed by atoms with Crippen molar-refractivity contribution in [3.05, 3.63) is 103 Å². The molecule has 0 aliphatic carbocycles. The molecule has 7 aromatic rings. The zero-order valence-corrected chi connectivity index (χ0v) is 17.3. The highest BCUT2D eigenvalue weighted by molar-refractivity contribution is 6.23. The number of hydrogen-bond donors (Lipinski definition) is 1. The van der Waals surface area contributed by atoms with E-state index in [1.165, 1.54) is 37.9 Å². The van der Waals surface area contributed by atoms with Crippen molar-refractivity contribution in [2.45, 2.75) is 6.54 Å². The number of fused-ring (bicyclic) bond motifs is 3. The van der Waals surface area contributed by atoms with Gasteiger partial charge in [-0.3, -0.25) is 9.97 Å². The second kappa shape index (κ2) is 6.63. The van der Waals surface area contributed by atoms with Crippen LogP contribution in [0.2, 0.25) is 0 Å². The van der Waals surface area contributed by atoms with E-state index in [0.29, 0.717) is 0 Å². The van der Waals surface area contributed by atoms with E-state index >= 15 is 0 Å². The summed E-state index contributed by atoms with van der Waals surface area (Å²) >= 11 is 0. The molecule has 150 valence electrons. The van der Waals surface area contributed by atoms with Gasteiger partial charge < -0.3 is 5.32 Å². The van der Waals surface area contributed by atoms with Crippen LogP contribution < -0.4 is 5.32 Å². The zero-order chi connectivity index (χ0) is 21.1. The highest BCUT2D eigenvalue weighted by Crippen LogP contribution is 2.36. The smallest absolute Gasteiger partial charge is 0.0985 e. The van der Waals surface area contributed by atoms with Crippen LogP contribution in [0, 0.1) is 0 Å². The number of hydrogen-bond acceptors (Lipinski definition) is 3. The van der Waals surface area contributed by atoms with Gasteiger partial charge in [-0.05, 0) is 62.1 Å². The Labute approximate surface area is 184 Å². The molecule has 2 aromatic heterocycles. The van der Waals surface area contributed by atoms with Crippen LogP contribution in [0.25, 0.3) is 54.1 Å². The number of nitrogens with one attached hydrogen (secondary N) is 1. The average molecular weight is 409 g/mol. The molecule has 0 bridgehead atoms. The highest BCUT2D eigenvalue weighted by Gasteiger charge is 2.12. The summed E-state index contributed by atoms with van der Waals surface area (Å²) in [6, 6.07) is 30.4. The van der Waals surface area contributed by atoms with E-state index < -0.39 is 0 Å². The van der Waals surface area contributed by atoms with Gasteiger partial charge in [0, 0.05) is 35.4 Å². The third-order valence-corrected chi connectivity index (χ3v) is 6.55. The summed E-state index contributed by atoms with van der Waals surface area (Å²) in [5, 5.41) is 13.8. The molecular weight excluding hydrogens is 390 g/mol. The van der Waals surface area contributed by atoms with Crippen LogP contribution in [0.4, 0.5) is 5.69 Å². The number of nitrogens with zero attached hydrogens (tertiary/aromatic N) is 2. The van der Waals surface area contributed by atoms with Crippen LogP contribution >= 0.6 is 0 Å². The minimum atomic E-state index is 0.740. The summed E-state index contributed by atoms with van der Waals surface area (Å²) in [6.45, 7) is 0.740. The summed E-state index contributed by atoms with van der Waals surface area (Å²) in [5.74, 6) is 0. The lowest BCUT2D eigenvalue weighted by molar-refractivity contribution is 1.18. The number of anilines is 1. The van der Waals surface area contributed by atoms with Crippen molar-refractivity contribution in [1.29, 1.82) is 0 Å². The van der Waals surface area contributed by atoms with Gasteiger partial charge in [-0.15, -0.1) is 0 Å².